The number of methoxy groups -OCH3 is 2. The van der Waals surface area contributed by atoms with Crippen molar-refractivity contribution in [2.45, 2.75) is 18.6 Å². The van der Waals surface area contributed by atoms with Gasteiger partial charge in [-0.1, -0.05) is 11.6 Å². The summed E-state index contributed by atoms with van der Waals surface area (Å²) in [6, 6.07) is 9.24. The first-order valence-electron chi connectivity index (χ1n) is 12.6. The third kappa shape index (κ3) is 7.04. The summed E-state index contributed by atoms with van der Waals surface area (Å²) in [6.45, 7) is 0.140. The highest BCUT2D eigenvalue weighted by atomic mass is 35.5. The molecule has 15 heteroatoms. The number of anilines is 2. The van der Waals surface area contributed by atoms with Crippen molar-refractivity contribution in [3.63, 3.8) is 0 Å². The lowest BCUT2D eigenvalue weighted by molar-refractivity contribution is -0.157. The number of nitrogens with one attached hydrogen (secondary N) is 1. The molecular weight excluding hydrogens is 593 g/mol. The predicted molar refractivity (Wildman–Crippen MR) is 155 cm³/mol. The first-order valence-corrected chi connectivity index (χ1v) is 13.0. The lowest BCUT2D eigenvalue weighted by atomic mass is 9.99. The molecule has 43 heavy (non-hydrogen) atoms. The highest BCUT2D eigenvalue weighted by Crippen LogP contribution is 2.39. The number of aliphatic imine (C=N–C) groups is 1. The molecule has 1 amide bonds. The molecule has 1 atom stereocenters. The molecule has 0 saturated carbocycles. The molecule has 11 nitrogen and oxygen atoms in total. The second-order valence-corrected chi connectivity index (χ2v) is 9.55. The Hall–Kier alpha value is -4.69. The molecular formula is C28H26ClF3N6O5. The Bertz CT molecular complexity index is 1720. The van der Waals surface area contributed by atoms with Gasteiger partial charge in [-0.3, -0.25) is 19.1 Å². The Balaban J connectivity index is 1.78. The number of nitrogen functional groups attached to an aromatic ring is 1. The summed E-state index contributed by atoms with van der Waals surface area (Å²) in [7, 11) is 4.38. The molecule has 2 aromatic carbocycles. The van der Waals surface area contributed by atoms with Crippen LogP contribution in [0.25, 0.3) is 22.6 Å². The van der Waals surface area contributed by atoms with Crippen LogP contribution in [0.15, 0.2) is 62.9 Å². The van der Waals surface area contributed by atoms with E-state index in [0.29, 0.717) is 16.9 Å². The molecule has 226 valence electrons. The van der Waals surface area contributed by atoms with Crippen LogP contribution in [-0.4, -0.2) is 54.8 Å². The van der Waals surface area contributed by atoms with Crippen LogP contribution in [0.5, 0.6) is 5.75 Å². The number of hydrogen-bond donors (Lipinski definition) is 2. The standard InChI is InChI=1S/C28H26ClF3N6O5/c1-34-13-15-10-17(5-7-21(15)33)35-25(40)22(8-9-41-2)38-14-23(42-3)20(12-24(38)39)19-11-16(29)4-6-18(19)26-36-37-27(43-26)28(30,31)32/h4-7,10-14,22H,8-9,33H2,1-3H3,(H,35,40)/t22-/m0/s1. The molecule has 4 aromatic rings. The minimum Gasteiger partial charge on any atom is -0.495 e. The molecule has 2 aromatic heterocycles. The SMILES string of the molecule is CN=Cc1cc(NC(=O)[C@H](CCOC)n2cc(OC)c(-c3cc(Cl)ccc3-c3nnc(C(F)(F)F)o3)cc2=O)ccc1N. The number of pyridine rings is 1. The van der Waals surface area contributed by atoms with Crippen LogP contribution < -0.4 is 21.3 Å². The van der Waals surface area contributed by atoms with Gasteiger partial charge in [0.25, 0.3) is 5.56 Å². The van der Waals surface area contributed by atoms with E-state index in [1.807, 2.05) is 0 Å². The normalized spacial score (nSPS) is 12.4. The Kier molecular flexibility index (Phi) is 9.51. The Labute approximate surface area is 248 Å². The monoisotopic (exact) mass is 618 g/mol. The molecule has 0 aliphatic heterocycles. The van der Waals surface area contributed by atoms with Gasteiger partial charge in [0.2, 0.25) is 11.8 Å². The third-order valence-electron chi connectivity index (χ3n) is 6.29. The van der Waals surface area contributed by atoms with E-state index in [0.717, 1.165) is 0 Å². The summed E-state index contributed by atoms with van der Waals surface area (Å²) in [6.07, 6.45) is -1.86. The average molecular weight is 619 g/mol. The zero-order valence-electron chi connectivity index (χ0n) is 23.1. The van der Waals surface area contributed by atoms with Gasteiger partial charge >= 0.3 is 12.1 Å². The molecule has 0 bridgehead atoms. The summed E-state index contributed by atoms with van der Waals surface area (Å²) in [4.78, 5) is 30.9. The first kappa shape index (κ1) is 31.3. The van der Waals surface area contributed by atoms with Crippen molar-refractivity contribution in [3.05, 3.63) is 75.5 Å². The topological polar surface area (TPSA) is 147 Å². The lowest BCUT2D eigenvalue weighted by Gasteiger charge is -2.21. The van der Waals surface area contributed by atoms with Gasteiger partial charge in [-0.05, 0) is 42.0 Å². The molecule has 3 N–H and O–H groups in total. The quantitative estimate of drug-likeness (QED) is 0.184. The van der Waals surface area contributed by atoms with E-state index in [9.17, 15) is 22.8 Å². The Morgan fingerprint density at radius 1 is 1.16 bits per heavy atom. The summed E-state index contributed by atoms with van der Waals surface area (Å²) in [5.41, 5.74) is 7.27. The fourth-order valence-corrected chi connectivity index (χ4v) is 4.44. The van der Waals surface area contributed by atoms with Gasteiger partial charge in [0.1, 0.15) is 11.8 Å². The van der Waals surface area contributed by atoms with Crippen molar-refractivity contribution in [2.24, 2.45) is 4.99 Å². The zero-order valence-corrected chi connectivity index (χ0v) is 23.9. The molecule has 0 fully saturated rings. The maximum absolute atomic E-state index is 13.5. The number of nitrogens with zero attached hydrogens (tertiary/aromatic N) is 4. The van der Waals surface area contributed by atoms with Gasteiger partial charge < -0.3 is 24.9 Å². The van der Waals surface area contributed by atoms with Crippen LogP contribution in [0.4, 0.5) is 24.5 Å². The van der Waals surface area contributed by atoms with E-state index in [4.69, 9.17) is 31.2 Å². The predicted octanol–water partition coefficient (Wildman–Crippen LogP) is 5.09. The van der Waals surface area contributed by atoms with Gasteiger partial charge in [0.15, 0.2) is 0 Å². The van der Waals surface area contributed by atoms with Gasteiger partial charge in [-0.2, -0.15) is 13.2 Å². The van der Waals surface area contributed by atoms with Crippen molar-refractivity contribution < 1.29 is 31.9 Å². The number of aromatic nitrogens is 3. The third-order valence-corrected chi connectivity index (χ3v) is 6.53. The van der Waals surface area contributed by atoms with E-state index >= 15 is 0 Å². The van der Waals surface area contributed by atoms with Gasteiger partial charge in [0.05, 0.1) is 13.3 Å². The molecule has 0 aliphatic carbocycles. The smallest absolute Gasteiger partial charge is 0.470 e. The van der Waals surface area contributed by atoms with Crippen LogP contribution in [0.1, 0.15) is 23.9 Å². The van der Waals surface area contributed by atoms with E-state index in [1.54, 1.807) is 31.5 Å². The van der Waals surface area contributed by atoms with Crippen LogP contribution in [0.3, 0.4) is 0 Å². The Morgan fingerprint density at radius 3 is 2.58 bits per heavy atom. The van der Waals surface area contributed by atoms with Crippen molar-refractivity contribution in [3.8, 4) is 28.3 Å². The van der Waals surface area contributed by atoms with Gasteiger partial charge in [-0.15, -0.1) is 10.2 Å². The average Bonchev–Trinajstić information content (AvgIpc) is 3.47. The summed E-state index contributed by atoms with van der Waals surface area (Å²) in [5, 5.41) is 9.61. The van der Waals surface area contributed by atoms with Crippen molar-refractivity contribution >= 4 is 35.1 Å². The van der Waals surface area contributed by atoms with Crippen molar-refractivity contribution in [2.75, 3.05) is 38.9 Å². The van der Waals surface area contributed by atoms with Crippen LogP contribution in [0.2, 0.25) is 5.02 Å². The molecule has 0 saturated heterocycles. The molecule has 0 aliphatic rings. The number of carbonyl (C=O) groups is 1. The maximum Gasteiger partial charge on any atom is 0.470 e. The second-order valence-electron chi connectivity index (χ2n) is 9.12. The minimum atomic E-state index is -4.86. The van der Waals surface area contributed by atoms with Crippen molar-refractivity contribution in [1.82, 2.24) is 14.8 Å². The van der Waals surface area contributed by atoms with E-state index in [2.05, 4.69) is 20.5 Å². The number of nitrogens with two attached hydrogens (primary N) is 1. The second kappa shape index (κ2) is 13.1. The van der Waals surface area contributed by atoms with E-state index in [-0.39, 0.29) is 40.5 Å². The van der Waals surface area contributed by atoms with Crippen molar-refractivity contribution in [1.29, 1.82) is 0 Å². The molecule has 0 spiro atoms. The number of amides is 1. The largest absolute Gasteiger partial charge is 0.495 e. The highest BCUT2D eigenvalue weighted by Gasteiger charge is 2.38. The molecule has 0 unspecified atom stereocenters. The van der Waals surface area contributed by atoms with E-state index in [1.165, 1.54) is 49.2 Å². The number of carbonyl (C=O) groups excluding carboxylic acids is 1. The van der Waals surface area contributed by atoms with Crippen LogP contribution >= 0.6 is 11.6 Å². The molecule has 4 rings (SSSR count). The summed E-state index contributed by atoms with van der Waals surface area (Å²) in [5.74, 6) is -2.39. The Morgan fingerprint density at radius 2 is 1.93 bits per heavy atom. The van der Waals surface area contributed by atoms with Crippen LogP contribution in [-0.2, 0) is 15.7 Å². The maximum atomic E-state index is 13.5. The zero-order chi connectivity index (χ0) is 31.3. The fourth-order valence-electron chi connectivity index (χ4n) is 4.27. The number of alkyl halides is 3. The minimum absolute atomic E-state index is 0.0753. The fraction of sp³-hybridized carbons (Fsp3) is 0.250. The number of benzene rings is 2. The number of rotatable bonds is 10. The van der Waals surface area contributed by atoms with Gasteiger partial charge in [-0.25, -0.2) is 0 Å². The number of hydrogen-bond acceptors (Lipinski definition) is 9. The number of ether oxygens (including phenoxy) is 2. The first-order chi connectivity index (χ1) is 20.5. The molecule has 0 radical (unpaired) electrons. The number of halogens is 4. The molecule has 2 heterocycles. The lowest BCUT2D eigenvalue weighted by Crippen LogP contribution is -2.34. The van der Waals surface area contributed by atoms with Crippen LogP contribution in [0, 0.1) is 0 Å². The van der Waals surface area contributed by atoms with Gasteiger partial charge in [0, 0.05) is 72.6 Å². The van der Waals surface area contributed by atoms with E-state index < -0.39 is 35.5 Å². The highest BCUT2D eigenvalue weighted by molar-refractivity contribution is 6.31. The summed E-state index contributed by atoms with van der Waals surface area (Å²) >= 11 is 6.21. The summed E-state index contributed by atoms with van der Waals surface area (Å²) < 4.78 is 56.2.